The zero-order valence-corrected chi connectivity index (χ0v) is 10.1. The minimum absolute atomic E-state index is 0.0392. The quantitative estimate of drug-likeness (QED) is 0.586. The highest BCUT2D eigenvalue weighted by molar-refractivity contribution is 5.52. The molecule has 6 nitrogen and oxygen atoms in total. The van der Waals surface area contributed by atoms with Gasteiger partial charge in [-0.25, -0.2) is 4.98 Å². The van der Waals surface area contributed by atoms with Gasteiger partial charge in [-0.1, -0.05) is 19.8 Å². The van der Waals surface area contributed by atoms with Crippen LogP contribution in [0.4, 0.5) is 17.3 Å². The van der Waals surface area contributed by atoms with Crippen molar-refractivity contribution in [3.63, 3.8) is 0 Å². The fourth-order valence-corrected chi connectivity index (χ4v) is 1.55. The van der Waals surface area contributed by atoms with Crippen molar-refractivity contribution in [3.8, 4) is 0 Å². The summed E-state index contributed by atoms with van der Waals surface area (Å²) in [4.78, 5) is 14.2. The molecule has 94 valence electrons. The Morgan fingerprint density at radius 1 is 1.59 bits per heavy atom. The van der Waals surface area contributed by atoms with Crippen LogP contribution in [0.25, 0.3) is 0 Å². The zero-order valence-electron chi connectivity index (χ0n) is 10.1. The Hall–Kier alpha value is -1.85. The van der Waals surface area contributed by atoms with Crippen LogP contribution in [0.2, 0.25) is 0 Å². The van der Waals surface area contributed by atoms with E-state index in [1.165, 1.54) is 12.1 Å². The smallest absolute Gasteiger partial charge is 0.276 e. The van der Waals surface area contributed by atoms with Crippen LogP contribution in [0, 0.1) is 10.1 Å². The Morgan fingerprint density at radius 3 is 2.88 bits per heavy atom. The molecule has 0 aliphatic carbocycles. The molecule has 0 aromatic carbocycles. The molecule has 1 atom stereocenters. The SMILES string of the molecule is CCCCC(C)Nc1cc([N+](=O)[O-])cc(N)n1. The van der Waals surface area contributed by atoms with E-state index in [1.807, 2.05) is 6.92 Å². The summed E-state index contributed by atoms with van der Waals surface area (Å²) in [6.45, 7) is 4.14. The number of nitrogens with two attached hydrogens (primary N) is 1. The molecule has 0 fully saturated rings. The molecule has 17 heavy (non-hydrogen) atoms. The molecule has 0 amide bonds. The molecule has 1 rings (SSSR count). The summed E-state index contributed by atoms with van der Waals surface area (Å²) in [5, 5.41) is 13.8. The number of rotatable bonds is 6. The first-order valence-corrected chi connectivity index (χ1v) is 5.71. The standard InChI is InChI=1S/C11H18N4O2/c1-3-4-5-8(2)13-11-7-9(15(16)17)6-10(12)14-11/h6-8H,3-5H2,1-2H3,(H3,12,13,14). The summed E-state index contributed by atoms with van der Waals surface area (Å²) in [7, 11) is 0. The summed E-state index contributed by atoms with van der Waals surface area (Å²) >= 11 is 0. The second-order valence-electron chi connectivity index (χ2n) is 4.08. The van der Waals surface area contributed by atoms with Crippen molar-refractivity contribution in [2.24, 2.45) is 0 Å². The summed E-state index contributed by atoms with van der Waals surface area (Å²) in [6, 6.07) is 2.88. The Labute approximate surface area is 100 Å². The van der Waals surface area contributed by atoms with Gasteiger partial charge in [0, 0.05) is 6.04 Å². The van der Waals surface area contributed by atoms with Gasteiger partial charge >= 0.3 is 0 Å². The van der Waals surface area contributed by atoms with Gasteiger partial charge in [0.2, 0.25) is 0 Å². The largest absolute Gasteiger partial charge is 0.383 e. The van der Waals surface area contributed by atoms with E-state index in [-0.39, 0.29) is 17.5 Å². The molecule has 0 aliphatic rings. The lowest BCUT2D eigenvalue weighted by Crippen LogP contribution is -2.16. The fourth-order valence-electron chi connectivity index (χ4n) is 1.55. The monoisotopic (exact) mass is 238 g/mol. The third kappa shape index (κ3) is 4.26. The Morgan fingerprint density at radius 2 is 2.29 bits per heavy atom. The highest BCUT2D eigenvalue weighted by Crippen LogP contribution is 2.19. The lowest BCUT2D eigenvalue weighted by molar-refractivity contribution is -0.384. The lowest BCUT2D eigenvalue weighted by atomic mass is 10.1. The van der Waals surface area contributed by atoms with E-state index < -0.39 is 4.92 Å². The normalized spacial score (nSPS) is 12.1. The van der Waals surface area contributed by atoms with Crippen molar-refractivity contribution >= 4 is 17.3 Å². The van der Waals surface area contributed by atoms with Gasteiger partial charge in [-0.15, -0.1) is 0 Å². The van der Waals surface area contributed by atoms with E-state index in [0.717, 1.165) is 19.3 Å². The molecular weight excluding hydrogens is 220 g/mol. The van der Waals surface area contributed by atoms with E-state index in [0.29, 0.717) is 5.82 Å². The van der Waals surface area contributed by atoms with Crippen molar-refractivity contribution in [1.29, 1.82) is 0 Å². The first-order valence-electron chi connectivity index (χ1n) is 5.71. The molecule has 1 unspecified atom stereocenters. The number of anilines is 2. The Bertz CT molecular complexity index is 395. The minimum Gasteiger partial charge on any atom is -0.383 e. The number of nitrogens with zero attached hydrogens (tertiary/aromatic N) is 2. The average Bonchev–Trinajstić information content (AvgIpc) is 2.25. The summed E-state index contributed by atoms with van der Waals surface area (Å²) < 4.78 is 0. The number of unbranched alkanes of at least 4 members (excludes halogenated alkanes) is 1. The van der Waals surface area contributed by atoms with Crippen LogP contribution in [0.15, 0.2) is 12.1 Å². The number of hydrogen-bond donors (Lipinski definition) is 2. The summed E-state index contributed by atoms with van der Waals surface area (Å²) in [6.07, 6.45) is 3.23. The molecule has 0 saturated carbocycles. The molecule has 1 aromatic heterocycles. The number of nitrogens with one attached hydrogen (secondary N) is 1. The van der Waals surface area contributed by atoms with E-state index in [1.54, 1.807) is 0 Å². The van der Waals surface area contributed by atoms with Crippen LogP contribution < -0.4 is 11.1 Å². The van der Waals surface area contributed by atoms with Crippen LogP contribution in [0.1, 0.15) is 33.1 Å². The molecule has 1 heterocycles. The molecule has 0 aliphatic heterocycles. The predicted octanol–water partition coefficient (Wildman–Crippen LogP) is 2.56. The molecule has 0 saturated heterocycles. The summed E-state index contributed by atoms with van der Waals surface area (Å²) in [5.41, 5.74) is 5.48. The van der Waals surface area contributed by atoms with Gasteiger partial charge in [0.05, 0.1) is 17.1 Å². The zero-order chi connectivity index (χ0) is 12.8. The van der Waals surface area contributed by atoms with E-state index in [4.69, 9.17) is 5.73 Å². The number of nitro groups is 1. The Kier molecular flexibility index (Phi) is 4.68. The number of nitrogen functional groups attached to an aromatic ring is 1. The van der Waals surface area contributed by atoms with E-state index >= 15 is 0 Å². The van der Waals surface area contributed by atoms with Gasteiger partial charge in [0.25, 0.3) is 5.69 Å². The molecule has 6 heteroatoms. The lowest BCUT2D eigenvalue weighted by Gasteiger charge is -2.13. The van der Waals surface area contributed by atoms with Gasteiger partial charge in [0.1, 0.15) is 11.6 Å². The first kappa shape index (κ1) is 13.2. The topological polar surface area (TPSA) is 94.1 Å². The minimum atomic E-state index is -0.472. The number of pyridine rings is 1. The van der Waals surface area contributed by atoms with Crippen LogP contribution >= 0.6 is 0 Å². The van der Waals surface area contributed by atoms with Gasteiger partial charge in [-0.05, 0) is 13.3 Å². The average molecular weight is 238 g/mol. The molecule has 0 bridgehead atoms. The molecule has 3 N–H and O–H groups in total. The third-order valence-corrected chi connectivity index (χ3v) is 2.43. The van der Waals surface area contributed by atoms with Crippen molar-refractivity contribution in [3.05, 3.63) is 22.2 Å². The second kappa shape index (κ2) is 6.03. The van der Waals surface area contributed by atoms with Crippen LogP contribution in [-0.2, 0) is 0 Å². The molecule has 0 spiro atoms. The van der Waals surface area contributed by atoms with Gasteiger partial charge in [0.15, 0.2) is 0 Å². The van der Waals surface area contributed by atoms with Crippen LogP contribution in [0.3, 0.4) is 0 Å². The first-order chi connectivity index (χ1) is 8.02. The van der Waals surface area contributed by atoms with Gasteiger partial charge in [-0.2, -0.15) is 0 Å². The highest BCUT2D eigenvalue weighted by Gasteiger charge is 2.11. The van der Waals surface area contributed by atoms with Crippen molar-refractivity contribution in [2.75, 3.05) is 11.1 Å². The van der Waals surface area contributed by atoms with E-state index in [9.17, 15) is 10.1 Å². The maximum atomic E-state index is 10.7. The van der Waals surface area contributed by atoms with Crippen LogP contribution in [0.5, 0.6) is 0 Å². The van der Waals surface area contributed by atoms with E-state index in [2.05, 4.69) is 17.2 Å². The predicted molar refractivity (Wildman–Crippen MR) is 67.9 cm³/mol. The maximum absolute atomic E-state index is 10.7. The molecule has 1 aromatic rings. The molecular formula is C11H18N4O2. The fraction of sp³-hybridized carbons (Fsp3) is 0.545. The molecule has 0 radical (unpaired) electrons. The van der Waals surface area contributed by atoms with Crippen molar-refractivity contribution in [2.45, 2.75) is 39.2 Å². The van der Waals surface area contributed by atoms with Crippen molar-refractivity contribution in [1.82, 2.24) is 4.98 Å². The summed E-state index contributed by atoms with van der Waals surface area (Å²) in [5.74, 6) is 0.615. The highest BCUT2D eigenvalue weighted by atomic mass is 16.6. The maximum Gasteiger partial charge on any atom is 0.276 e. The number of hydrogen-bond acceptors (Lipinski definition) is 5. The van der Waals surface area contributed by atoms with Crippen LogP contribution in [-0.4, -0.2) is 15.9 Å². The van der Waals surface area contributed by atoms with Gasteiger partial charge < -0.3 is 11.1 Å². The van der Waals surface area contributed by atoms with Gasteiger partial charge in [-0.3, -0.25) is 10.1 Å². The van der Waals surface area contributed by atoms with Crippen molar-refractivity contribution < 1.29 is 4.92 Å². The third-order valence-electron chi connectivity index (χ3n) is 2.43. The Balaban J connectivity index is 2.73. The number of aromatic nitrogens is 1. The second-order valence-corrected chi connectivity index (χ2v) is 4.08.